The summed E-state index contributed by atoms with van der Waals surface area (Å²) in [5.74, 6) is 1.14. The van der Waals surface area contributed by atoms with Gasteiger partial charge in [0, 0.05) is 23.4 Å². The molecule has 1 aliphatic heterocycles. The Hall–Kier alpha value is -3.22. The van der Waals surface area contributed by atoms with Crippen molar-refractivity contribution in [1.29, 1.82) is 0 Å². The van der Waals surface area contributed by atoms with E-state index in [4.69, 9.17) is 14.5 Å². The molecule has 0 saturated heterocycles. The lowest BCUT2D eigenvalue weighted by atomic mass is 10.0. The summed E-state index contributed by atoms with van der Waals surface area (Å²) in [4.78, 5) is 4.79. The van der Waals surface area contributed by atoms with Gasteiger partial charge >= 0.3 is 6.18 Å². The highest BCUT2D eigenvalue weighted by Gasteiger charge is 2.31. The molecule has 4 rings (SSSR count). The van der Waals surface area contributed by atoms with E-state index in [1.807, 2.05) is 42.0 Å². The molecule has 3 aromatic rings. The molecule has 1 atom stereocenters. The summed E-state index contributed by atoms with van der Waals surface area (Å²) >= 11 is 0. The van der Waals surface area contributed by atoms with E-state index in [0.29, 0.717) is 28.5 Å². The second-order valence-electron chi connectivity index (χ2n) is 6.76. The first-order chi connectivity index (χ1) is 13.8. The number of benzene rings is 2. The number of ether oxygens (including phenoxy) is 2. The summed E-state index contributed by atoms with van der Waals surface area (Å²) in [5, 5.41) is 0. The van der Waals surface area contributed by atoms with Crippen LogP contribution in [-0.2, 0) is 6.18 Å². The number of aromatic nitrogens is 1. The molecule has 0 N–H and O–H groups in total. The first-order valence-electron chi connectivity index (χ1n) is 9.03. The van der Waals surface area contributed by atoms with Gasteiger partial charge in [-0.1, -0.05) is 12.1 Å². The second kappa shape index (κ2) is 6.99. The number of methoxy groups -OCH3 is 2. The number of alkyl halides is 3. The lowest BCUT2D eigenvalue weighted by Crippen LogP contribution is -2.11. The standard InChI is InChI=1S/C22H19F3N2O2/c1-13-16-11-19(28-2)20(29-3)12-18(16)27-9-5-8-17(27)21(26-13)14-6-4-7-15(10-14)22(23,24)25/h4-13H,1-3H3/t13-/m1/s1. The molecule has 2 aromatic carbocycles. The highest BCUT2D eigenvalue weighted by Crippen LogP contribution is 2.39. The summed E-state index contributed by atoms with van der Waals surface area (Å²) in [5.41, 5.74) is 2.67. The predicted molar refractivity (Wildman–Crippen MR) is 104 cm³/mol. The number of rotatable bonds is 3. The van der Waals surface area contributed by atoms with Crippen LogP contribution < -0.4 is 9.47 Å². The molecule has 0 amide bonds. The number of nitrogens with zero attached hydrogens (tertiary/aromatic N) is 2. The summed E-state index contributed by atoms with van der Waals surface area (Å²) in [6, 6.07) is 12.4. The van der Waals surface area contributed by atoms with E-state index in [1.165, 1.54) is 6.07 Å². The molecular formula is C22H19F3N2O2. The van der Waals surface area contributed by atoms with Gasteiger partial charge < -0.3 is 14.0 Å². The summed E-state index contributed by atoms with van der Waals surface area (Å²) < 4.78 is 52.5. The Morgan fingerprint density at radius 3 is 2.38 bits per heavy atom. The number of fused-ring (bicyclic) bond motifs is 3. The fourth-order valence-electron chi connectivity index (χ4n) is 3.61. The predicted octanol–water partition coefficient (Wildman–Crippen LogP) is 5.43. The molecule has 0 bridgehead atoms. The van der Waals surface area contributed by atoms with E-state index < -0.39 is 11.7 Å². The lowest BCUT2D eigenvalue weighted by Gasteiger charge is -2.17. The van der Waals surface area contributed by atoms with Gasteiger partial charge in [0.1, 0.15) is 0 Å². The molecule has 7 heteroatoms. The first kappa shape index (κ1) is 19.1. The van der Waals surface area contributed by atoms with Crippen LogP contribution in [0.4, 0.5) is 13.2 Å². The highest BCUT2D eigenvalue weighted by atomic mass is 19.4. The average molecular weight is 400 g/mol. The van der Waals surface area contributed by atoms with Crippen molar-refractivity contribution in [1.82, 2.24) is 4.57 Å². The summed E-state index contributed by atoms with van der Waals surface area (Å²) in [6.07, 6.45) is -2.56. The zero-order valence-corrected chi connectivity index (χ0v) is 16.1. The third kappa shape index (κ3) is 3.26. The zero-order valence-electron chi connectivity index (χ0n) is 16.1. The van der Waals surface area contributed by atoms with Crippen molar-refractivity contribution in [2.24, 2.45) is 4.99 Å². The Kier molecular flexibility index (Phi) is 4.61. The molecule has 4 nitrogen and oxygen atoms in total. The fourth-order valence-corrected chi connectivity index (χ4v) is 3.61. The molecule has 0 radical (unpaired) electrons. The van der Waals surface area contributed by atoms with E-state index in [-0.39, 0.29) is 6.04 Å². The van der Waals surface area contributed by atoms with E-state index in [9.17, 15) is 13.2 Å². The van der Waals surface area contributed by atoms with Gasteiger partial charge in [-0.15, -0.1) is 0 Å². The average Bonchev–Trinajstić information content (AvgIpc) is 3.15. The maximum Gasteiger partial charge on any atom is 0.416 e. The Morgan fingerprint density at radius 1 is 0.966 bits per heavy atom. The molecular weight excluding hydrogens is 381 g/mol. The van der Waals surface area contributed by atoms with E-state index >= 15 is 0 Å². The van der Waals surface area contributed by atoms with Gasteiger partial charge in [0.15, 0.2) is 11.5 Å². The molecule has 0 aliphatic carbocycles. The van der Waals surface area contributed by atoms with Gasteiger partial charge in [-0.3, -0.25) is 4.99 Å². The van der Waals surface area contributed by atoms with Gasteiger partial charge in [0.05, 0.1) is 42.9 Å². The van der Waals surface area contributed by atoms with Crippen LogP contribution in [0.15, 0.2) is 59.7 Å². The van der Waals surface area contributed by atoms with Crippen molar-refractivity contribution in [3.05, 3.63) is 77.1 Å². The Balaban J connectivity index is 1.93. The third-order valence-electron chi connectivity index (χ3n) is 5.02. The molecule has 0 unspecified atom stereocenters. The van der Waals surface area contributed by atoms with E-state index in [2.05, 4.69) is 0 Å². The van der Waals surface area contributed by atoms with Gasteiger partial charge in [-0.2, -0.15) is 13.2 Å². The Bertz CT molecular complexity index is 1100. The van der Waals surface area contributed by atoms with Gasteiger partial charge in [0.25, 0.3) is 0 Å². The molecule has 0 fully saturated rings. The molecule has 0 spiro atoms. The van der Waals surface area contributed by atoms with Crippen LogP contribution in [0, 0.1) is 0 Å². The highest BCUT2D eigenvalue weighted by molar-refractivity contribution is 6.12. The van der Waals surface area contributed by atoms with E-state index in [1.54, 1.807) is 20.3 Å². The SMILES string of the molecule is COc1cc2c(cc1OC)-n1cccc1C(c1cccc(C(F)(F)F)c1)=N[C@@H]2C. The topological polar surface area (TPSA) is 35.8 Å². The summed E-state index contributed by atoms with van der Waals surface area (Å²) in [6.45, 7) is 1.91. The minimum Gasteiger partial charge on any atom is -0.493 e. The Labute approximate surface area is 166 Å². The molecule has 2 heterocycles. The number of hydrogen-bond acceptors (Lipinski definition) is 3. The largest absolute Gasteiger partial charge is 0.493 e. The monoisotopic (exact) mass is 400 g/mol. The molecule has 1 aliphatic rings. The smallest absolute Gasteiger partial charge is 0.416 e. The summed E-state index contributed by atoms with van der Waals surface area (Å²) in [7, 11) is 3.12. The molecule has 150 valence electrons. The molecule has 1 aromatic heterocycles. The normalized spacial score (nSPS) is 15.8. The fraction of sp³-hybridized carbons (Fsp3) is 0.227. The molecule has 29 heavy (non-hydrogen) atoms. The van der Waals surface area contributed by atoms with Crippen molar-refractivity contribution in [3.8, 4) is 17.2 Å². The second-order valence-corrected chi connectivity index (χ2v) is 6.76. The Morgan fingerprint density at radius 2 is 1.69 bits per heavy atom. The van der Waals surface area contributed by atoms with Crippen LogP contribution >= 0.6 is 0 Å². The quantitative estimate of drug-likeness (QED) is 0.588. The van der Waals surface area contributed by atoms with Crippen LogP contribution in [0.3, 0.4) is 0 Å². The molecule has 0 saturated carbocycles. The minimum absolute atomic E-state index is 0.297. The van der Waals surface area contributed by atoms with Crippen molar-refractivity contribution in [2.75, 3.05) is 14.2 Å². The van der Waals surface area contributed by atoms with Crippen molar-refractivity contribution >= 4 is 5.71 Å². The van der Waals surface area contributed by atoms with Gasteiger partial charge in [-0.05, 0) is 37.3 Å². The van der Waals surface area contributed by atoms with Crippen molar-refractivity contribution in [3.63, 3.8) is 0 Å². The number of hydrogen-bond donors (Lipinski definition) is 0. The van der Waals surface area contributed by atoms with Gasteiger partial charge in [-0.25, -0.2) is 0 Å². The number of aliphatic imine (C=N–C) groups is 1. The van der Waals surface area contributed by atoms with Crippen molar-refractivity contribution in [2.45, 2.75) is 19.1 Å². The number of halogens is 3. The van der Waals surface area contributed by atoms with Crippen molar-refractivity contribution < 1.29 is 22.6 Å². The van der Waals surface area contributed by atoms with Gasteiger partial charge in [0.2, 0.25) is 0 Å². The third-order valence-corrected chi connectivity index (χ3v) is 5.02. The van der Waals surface area contributed by atoms with Crippen LogP contribution in [0.5, 0.6) is 11.5 Å². The maximum atomic E-state index is 13.2. The maximum absolute atomic E-state index is 13.2. The van der Waals surface area contributed by atoms with Crippen LogP contribution in [0.25, 0.3) is 5.69 Å². The zero-order chi connectivity index (χ0) is 20.8. The minimum atomic E-state index is -4.42. The first-order valence-corrected chi connectivity index (χ1v) is 9.03. The lowest BCUT2D eigenvalue weighted by molar-refractivity contribution is -0.137. The van der Waals surface area contributed by atoms with Crippen LogP contribution in [-0.4, -0.2) is 24.5 Å². The van der Waals surface area contributed by atoms with Crippen LogP contribution in [0.2, 0.25) is 0 Å². The van der Waals surface area contributed by atoms with E-state index in [0.717, 1.165) is 23.4 Å². The van der Waals surface area contributed by atoms with Crippen LogP contribution in [0.1, 0.15) is 35.3 Å².